The topological polar surface area (TPSA) is 25.4 Å². The minimum atomic E-state index is 0.427. The number of ether oxygens (including phenoxy) is 1. The third-order valence-corrected chi connectivity index (χ3v) is 3.90. The van der Waals surface area contributed by atoms with Gasteiger partial charge in [0.2, 0.25) is 0 Å². The average Bonchev–Trinajstić information content (AvgIpc) is 2.14. The van der Waals surface area contributed by atoms with E-state index in [0.717, 1.165) is 26.3 Å². The molecule has 0 bridgehead atoms. The highest BCUT2D eigenvalue weighted by molar-refractivity contribution is 6.29. The van der Waals surface area contributed by atoms with E-state index in [2.05, 4.69) is 22.9 Å². The van der Waals surface area contributed by atoms with Crippen molar-refractivity contribution in [3.05, 3.63) is 29.0 Å². The molecule has 2 fully saturated rings. The molecule has 2 saturated heterocycles. The zero-order chi connectivity index (χ0) is 11.2. The van der Waals surface area contributed by atoms with Crippen LogP contribution in [-0.2, 0) is 4.74 Å². The predicted molar refractivity (Wildman–Crippen MR) is 62.5 cm³/mol. The van der Waals surface area contributed by atoms with Gasteiger partial charge in [-0.15, -0.1) is 0 Å². The fraction of sp³-hybridized carbons (Fsp3) is 0.583. The number of nitrogens with zero attached hydrogens (tertiary/aromatic N) is 2. The smallest absolute Gasteiger partial charge is 0.129 e. The predicted octanol–water partition coefficient (Wildman–Crippen LogP) is 2.13. The first-order chi connectivity index (χ1) is 7.69. The van der Waals surface area contributed by atoms with Crippen molar-refractivity contribution in [2.75, 3.05) is 26.3 Å². The van der Waals surface area contributed by atoms with Crippen LogP contribution in [0.15, 0.2) is 18.3 Å². The molecule has 0 amide bonds. The van der Waals surface area contributed by atoms with Gasteiger partial charge in [0, 0.05) is 30.7 Å². The lowest BCUT2D eigenvalue weighted by atomic mass is 9.77. The fourth-order valence-electron chi connectivity index (χ4n) is 2.51. The Morgan fingerprint density at radius 3 is 2.69 bits per heavy atom. The van der Waals surface area contributed by atoms with Crippen molar-refractivity contribution < 1.29 is 4.74 Å². The molecule has 0 saturated carbocycles. The van der Waals surface area contributed by atoms with Crippen LogP contribution in [0.5, 0.6) is 0 Å². The van der Waals surface area contributed by atoms with Gasteiger partial charge in [-0.2, -0.15) is 0 Å². The van der Waals surface area contributed by atoms with Crippen molar-refractivity contribution in [3.8, 4) is 0 Å². The summed E-state index contributed by atoms with van der Waals surface area (Å²) in [7, 11) is 0. The van der Waals surface area contributed by atoms with Crippen molar-refractivity contribution in [1.82, 2.24) is 9.88 Å². The zero-order valence-corrected chi connectivity index (χ0v) is 10.1. The van der Waals surface area contributed by atoms with E-state index in [1.54, 1.807) is 0 Å². The van der Waals surface area contributed by atoms with Crippen LogP contribution >= 0.6 is 11.6 Å². The normalized spacial score (nSPS) is 24.9. The van der Waals surface area contributed by atoms with Gasteiger partial charge >= 0.3 is 0 Å². The first kappa shape index (κ1) is 10.5. The molecule has 0 aromatic carbocycles. The second-order valence-electron chi connectivity index (χ2n) is 4.99. The van der Waals surface area contributed by atoms with Crippen LogP contribution in [0.1, 0.15) is 18.5 Å². The number of rotatable bonds is 2. The highest BCUT2D eigenvalue weighted by Gasteiger charge is 2.50. The van der Waals surface area contributed by atoms with Crippen LogP contribution in [0.2, 0.25) is 5.15 Å². The van der Waals surface area contributed by atoms with E-state index in [1.807, 2.05) is 12.3 Å². The van der Waals surface area contributed by atoms with Crippen molar-refractivity contribution in [2.24, 2.45) is 5.41 Å². The van der Waals surface area contributed by atoms with Crippen molar-refractivity contribution in [2.45, 2.75) is 13.0 Å². The van der Waals surface area contributed by atoms with E-state index < -0.39 is 0 Å². The molecule has 1 aromatic heterocycles. The van der Waals surface area contributed by atoms with Gasteiger partial charge in [-0.1, -0.05) is 17.7 Å². The second-order valence-corrected chi connectivity index (χ2v) is 5.38. The minimum Gasteiger partial charge on any atom is -0.380 e. The molecular formula is C12H15ClN2O. The highest BCUT2D eigenvalue weighted by atomic mass is 35.5. The SMILES string of the molecule is C[C@H](c1ccc(Cl)nc1)N1CC2(COC2)C1. The number of pyridine rings is 1. The summed E-state index contributed by atoms with van der Waals surface area (Å²) >= 11 is 5.78. The molecule has 2 aliphatic heterocycles. The van der Waals surface area contributed by atoms with Gasteiger partial charge in [0.1, 0.15) is 5.15 Å². The Kier molecular flexibility index (Phi) is 2.42. The number of hydrogen-bond donors (Lipinski definition) is 0. The first-order valence-corrected chi connectivity index (χ1v) is 6.00. The molecule has 1 aromatic rings. The number of hydrogen-bond acceptors (Lipinski definition) is 3. The maximum Gasteiger partial charge on any atom is 0.129 e. The highest BCUT2D eigenvalue weighted by Crippen LogP contribution is 2.41. The van der Waals surface area contributed by atoms with E-state index >= 15 is 0 Å². The molecule has 0 radical (unpaired) electrons. The van der Waals surface area contributed by atoms with Gasteiger partial charge in [0.15, 0.2) is 0 Å². The summed E-state index contributed by atoms with van der Waals surface area (Å²) in [5.41, 5.74) is 1.72. The Morgan fingerprint density at radius 1 is 1.44 bits per heavy atom. The molecule has 1 atom stereocenters. The molecule has 1 spiro atoms. The van der Waals surface area contributed by atoms with Crippen molar-refractivity contribution in [1.29, 1.82) is 0 Å². The van der Waals surface area contributed by atoms with Crippen LogP contribution in [0, 0.1) is 5.41 Å². The van der Waals surface area contributed by atoms with E-state index in [-0.39, 0.29) is 0 Å². The lowest BCUT2D eigenvalue weighted by Gasteiger charge is -2.57. The van der Waals surface area contributed by atoms with Gasteiger partial charge in [-0.3, -0.25) is 4.90 Å². The molecule has 16 heavy (non-hydrogen) atoms. The minimum absolute atomic E-state index is 0.427. The summed E-state index contributed by atoms with van der Waals surface area (Å²) in [4.78, 5) is 6.59. The Balaban J connectivity index is 1.65. The fourth-order valence-corrected chi connectivity index (χ4v) is 2.62. The van der Waals surface area contributed by atoms with Crippen LogP contribution in [0.3, 0.4) is 0 Å². The van der Waals surface area contributed by atoms with Crippen LogP contribution < -0.4 is 0 Å². The van der Waals surface area contributed by atoms with Gasteiger partial charge in [0.25, 0.3) is 0 Å². The second kappa shape index (κ2) is 3.69. The van der Waals surface area contributed by atoms with Crippen molar-refractivity contribution >= 4 is 11.6 Å². The summed E-state index contributed by atoms with van der Waals surface area (Å²) in [5, 5.41) is 0.559. The largest absolute Gasteiger partial charge is 0.380 e. The van der Waals surface area contributed by atoms with Gasteiger partial charge in [-0.05, 0) is 18.6 Å². The summed E-state index contributed by atoms with van der Waals surface area (Å²) in [6.07, 6.45) is 1.87. The molecule has 2 aliphatic rings. The molecule has 3 nitrogen and oxygen atoms in total. The molecule has 0 N–H and O–H groups in total. The Hall–Kier alpha value is -0.640. The van der Waals surface area contributed by atoms with E-state index in [1.165, 1.54) is 5.56 Å². The quantitative estimate of drug-likeness (QED) is 0.739. The van der Waals surface area contributed by atoms with Gasteiger partial charge < -0.3 is 4.74 Å². The Morgan fingerprint density at radius 2 is 2.19 bits per heavy atom. The monoisotopic (exact) mass is 238 g/mol. The van der Waals surface area contributed by atoms with E-state index in [0.29, 0.717) is 16.6 Å². The van der Waals surface area contributed by atoms with Crippen molar-refractivity contribution in [3.63, 3.8) is 0 Å². The molecule has 3 heterocycles. The average molecular weight is 239 g/mol. The number of aromatic nitrogens is 1. The molecular weight excluding hydrogens is 224 g/mol. The standard InChI is InChI=1S/C12H15ClN2O/c1-9(10-2-3-11(13)14-4-10)15-5-12(6-15)7-16-8-12/h2-4,9H,5-8H2,1H3/t9-/m1/s1. The molecule has 4 heteroatoms. The third-order valence-electron chi connectivity index (χ3n) is 3.67. The molecule has 0 aliphatic carbocycles. The van der Waals surface area contributed by atoms with Gasteiger partial charge in [-0.25, -0.2) is 4.98 Å². The zero-order valence-electron chi connectivity index (χ0n) is 9.32. The lowest BCUT2D eigenvalue weighted by molar-refractivity contribution is -0.197. The third kappa shape index (κ3) is 1.63. The molecule has 3 rings (SSSR count). The van der Waals surface area contributed by atoms with Crippen LogP contribution in [-0.4, -0.2) is 36.2 Å². The first-order valence-electron chi connectivity index (χ1n) is 5.62. The Bertz CT molecular complexity index is 381. The maximum absolute atomic E-state index is 5.78. The summed E-state index contributed by atoms with van der Waals surface area (Å²) in [6.45, 7) is 6.40. The number of halogens is 1. The Labute approximate surface area is 100 Å². The van der Waals surface area contributed by atoms with Crippen LogP contribution in [0.25, 0.3) is 0 Å². The summed E-state index contributed by atoms with van der Waals surface area (Å²) in [5.74, 6) is 0. The summed E-state index contributed by atoms with van der Waals surface area (Å²) < 4.78 is 5.27. The van der Waals surface area contributed by atoms with Gasteiger partial charge in [0.05, 0.1) is 13.2 Å². The maximum atomic E-state index is 5.78. The number of likely N-dealkylation sites (tertiary alicyclic amines) is 1. The van der Waals surface area contributed by atoms with E-state index in [9.17, 15) is 0 Å². The molecule has 0 unspecified atom stereocenters. The van der Waals surface area contributed by atoms with Crippen LogP contribution in [0.4, 0.5) is 0 Å². The lowest BCUT2D eigenvalue weighted by Crippen LogP contribution is -2.66. The summed E-state index contributed by atoms with van der Waals surface area (Å²) in [6, 6.07) is 4.34. The molecule has 86 valence electrons. The van der Waals surface area contributed by atoms with E-state index in [4.69, 9.17) is 16.3 Å².